The minimum Gasteiger partial charge on any atom is -0.341 e. The van der Waals surface area contributed by atoms with Crippen molar-refractivity contribution >= 4 is 15.9 Å². The summed E-state index contributed by atoms with van der Waals surface area (Å²) >= 11 is 0. The number of nitrogens with one attached hydrogen (secondary N) is 1. The zero-order chi connectivity index (χ0) is 16.6. The zero-order valence-corrected chi connectivity index (χ0v) is 14.5. The van der Waals surface area contributed by atoms with E-state index in [2.05, 4.69) is 10.2 Å². The molecule has 1 N–H and O–H groups in total. The average Bonchev–Trinajstić information content (AvgIpc) is 3.03. The fourth-order valence-corrected chi connectivity index (χ4v) is 5.34. The van der Waals surface area contributed by atoms with E-state index < -0.39 is 10.0 Å². The molecule has 8 heteroatoms. The van der Waals surface area contributed by atoms with Crippen LogP contribution in [-0.4, -0.2) is 65.2 Å². The van der Waals surface area contributed by atoms with Crippen LogP contribution >= 0.6 is 0 Å². The highest BCUT2D eigenvalue weighted by molar-refractivity contribution is 7.89. The van der Waals surface area contributed by atoms with Crippen LogP contribution in [0.25, 0.3) is 0 Å². The number of hydrogen-bond acceptors (Lipinski definition) is 4. The minimum atomic E-state index is -3.12. The summed E-state index contributed by atoms with van der Waals surface area (Å²) in [5, 5.41) is 7.03. The van der Waals surface area contributed by atoms with E-state index in [9.17, 15) is 13.2 Å². The third-order valence-corrected chi connectivity index (χ3v) is 6.90. The third-order valence-electron chi connectivity index (χ3n) is 4.90. The van der Waals surface area contributed by atoms with Gasteiger partial charge in [0.25, 0.3) is 0 Å². The first-order valence-electron chi connectivity index (χ1n) is 8.16. The van der Waals surface area contributed by atoms with E-state index >= 15 is 0 Å². The van der Waals surface area contributed by atoms with Gasteiger partial charge in [0, 0.05) is 36.9 Å². The van der Waals surface area contributed by atoms with Gasteiger partial charge in [-0.05, 0) is 33.1 Å². The maximum Gasteiger partial charge on any atom is 0.227 e. The van der Waals surface area contributed by atoms with Gasteiger partial charge in [-0.1, -0.05) is 0 Å². The molecule has 0 saturated carbocycles. The molecule has 2 aliphatic rings. The Bertz CT molecular complexity index is 678. The summed E-state index contributed by atoms with van der Waals surface area (Å²) in [5.74, 6) is 0.295. The molecule has 2 saturated heterocycles. The Morgan fingerprint density at radius 1 is 1.30 bits per heavy atom. The highest BCUT2D eigenvalue weighted by Crippen LogP contribution is 2.24. The van der Waals surface area contributed by atoms with Crippen molar-refractivity contribution in [1.29, 1.82) is 0 Å². The predicted octanol–water partition coefficient (Wildman–Crippen LogP) is 0.596. The number of amides is 1. The second-order valence-electron chi connectivity index (χ2n) is 6.51. The van der Waals surface area contributed by atoms with Gasteiger partial charge in [-0.2, -0.15) is 9.40 Å². The number of hydrogen-bond donors (Lipinski definition) is 1. The van der Waals surface area contributed by atoms with Crippen LogP contribution in [0.4, 0.5) is 0 Å². The molecule has 2 aliphatic heterocycles. The molecule has 128 valence electrons. The first-order chi connectivity index (χ1) is 10.9. The lowest BCUT2D eigenvalue weighted by atomic mass is 10.0. The number of rotatable bonds is 3. The van der Waals surface area contributed by atoms with Gasteiger partial charge < -0.3 is 4.90 Å². The van der Waals surface area contributed by atoms with Crippen LogP contribution < -0.4 is 0 Å². The number of piperidine rings is 1. The summed E-state index contributed by atoms with van der Waals surface area (Å²) in [7, 11) is -3.12. The number of sulfonamides is 1. The van der Waals surface area contributed by atoms with Gasteiger partial charge in [0.05, 0.1) is 17.9 Å². The molecule has 0 spiro atoms. The van der Waals surface area contributed by atoms with Crippen LogP contribution in [0.1, 0.15) is 36.2 Å². The fraction of sp³-hybridized carbons (Fsp3) is 0.733. The molecular weight excluding hydrogens is 316 g/mol. The molecule has 1 aromatic rings. The molecule has 0 aromatic carbocycles. The van der Waals surface area contributed by atoms with Gasteiger partial charge in [-0.3, -0.25) is 9.89 Å². The van der Waals surface area contributed by atoms with Gasteiger partial charge in [0.1, 0.15) is 0 Å². The molecule has 3 heterocycles. The van der Waals surface area contributed by atoms with Gasteiger partial charge in [-0.25, -0.2) is 8.42 Å². The lowest BCUT2D eigenvalue weighted by Gasteiger charge is -2.36. The average molecular weight is 340 g/mol. The maximum atomic E-state index is 12.6. The van der Waals surface area contributed by atoms with Crippen molar-refractivity contribution in [3.05, 3.63) is 17.0 Å². The highest BCUT2D eigenvalue weighted by Gasteiger charge is 2.37. The number of aryl methyl sites for hydroxylation is 2. The Hall–Kier alpha value is -1.41. The molecule has 1 amide bonds. The van der Waals surface area contributed by atoms with Crippen molar-refractivity contribution < 1.29 is 13.2 Å². The molecule has 3 rings (SSSR count). The molecular formula is C15H24N4O3S. The standard InChI is InChI=1S/C15H24N4O3S/c1-11-14(12(2)17-16-11)9-15(20)18-6-3-5-13(10-18)19-7-4-8-23(19,21)22/h13H,3-10H2,1-2H3,(H,16,17)/t13-/m0/s1. The number of carbonyl (C=O) groups excluding carboxylic acids is 1. The van der Waals surface area contributed by atoms with E-state index in [-0.39, 0.29) is 17.7 Å². The molecule has 23 heavy (non-hydrogen) atoms. The van der Waals surface area contributed by atoms with Crippen LogP contribution in [0.2, 0.25) is 0 Å². The summed E-state index contributed by atoms with van der Waals surface area (Å²) < 4.78 is 25.8. The smallest absolute Gasteiger partial charge is 0.227 e. The van der Waals surface area contributed by atoms with Gasteiger partial charge in [0.2, 0.25) is 15.9 Å². The molecule has 0 radical (unpaired) electrons. The van der Waals surface area contributed by atoms with Gasteiger partial charge in [0.15, 0.2) is 0 Å². The zero-order valence-electron chi connectivity index (χ0n) is 13.7. The molecule has 2 fully saturated rings. The number of carbonyl (C=O) groups is 1. The van der Waals surface area contributed by atoms with E-state index in [0.717, 1.165) is 29.8 Å². The largest absolute Gasteiger partial charge is 0.341 e. The molecule has 1 atom stereocenters. The number of aromatic nitrogens is 2. The Morgan fingerprint density at radius 3 is 2.70 bits per heavy atom. The summed E-state index contributed by atoms with van der Waals surface area (Å²) in [6, 6.07) is -0.0632. The summed E-state index contributed by atoms with van der Waals surface area (Å²) in [6.45, 7) is 5.61. The van der Waals surface area contributed by atoms with Crippen molar-refractivity contribution in [2.24, 2.45) is 0 Å². The second-order valence-corrected chi connectivity index (χ2v) is 8.55. The van der Waals surface area contributed by atoms with E-state index in [0.29, 0.717) is 32.5 Å². The summed E-state index contributed by atoms with van der Waals surface area (Å²) in [5.41, 5.74) is 2.73. The van der Waals surface area contributed by atoms with Crippen molar-refractivity contribution in [1.82, 2.24) is 19.4 Å². The topological polar surface area (TPSA) is 86.4 Å². The van der Waals surface area contributed by atoms with E-state index in [1.165, 1.54) is 0 Å². The lowest BCUT2D eigenvalue weighted by Crippen LogP contribution is -2.50. The Morgan fingerprint density at radius 2 is 2.09 bits per heavy atom. The first kappa shape index (κ1) is 16.4. The second kappa shape index (κ2) is 6.24. The molecule has 0 aliphatic carbocycles. The van der Waals surface area contributed by atoms with E-state index in [1.807, 2.05) is 18.7 Å². The molecule has 7 nitrogen and oxygen atoms in total. The van der Waals surface area contributed by atoms with Crippen molar-refractivity contribution in [3.8, 4) is 0 Å². The molecule has 0 unspecified atom stereocenters. The van der Waals surface area contributed by atoms with Gasteiger partial charge in [-0.15, -0.1) is 0 Å². The van der Waals surface area contributed by atoms with Crippen LogP contribution in [0.5, 0.6) is 0 Å². The SMILES string of the molecule is Cc1n[nH]c(C)c1CC(=O)N1CCC[C@H](N2CCCS2(=O)=O)C1. The lowest BCUT2D eigenvalue weighted by molar-refractivity contribution is -0.132. The maximum absolute atomic E-state index is 12.6. The quantitative estimate of drug-likeness (QED) is 0.873. The third kappa shape index (κ3) is 3.28. The van der Waals surface area contributed by atoms with Crippen LogP contribution in [0.3, 0.4) is 0 Å². The summed E-state index contributed by atoms with van der Waals surface area (Å²) in [6.07, 6.45) is 2.71. The number of H-pyrrole nitrogens is 1. The summed E-state index contributed by atoms with van der Waals surface area (Å²) in [4.78, 5) is 14.4. The monoisotopic (exact) mass is 340 g/mol. The number of aromatic amines is 1. The van der Waals surface area contributed by atoms with E-state index in [1.54, 1.807) is 4.31 Å². The van der Waals surface area contributed by atoms with Crippen molar-refractivity contribution in [2.75, 3.05) is 25.4 Å². The first-order valence-corrected chi connectivity index (χ1v) is 9.77. The van der Waals surface area contributed by atoms with Crippen LogP contribution in [0.15, 0.2) is 0 Å². The van der Waals surface area contributed by atoms with Crippen LogP contribution in [0, 0.1) is 13.8 Å². The number of nitrogens with zero attached hydrogens (tertiary/aromatic N) is 3. The highest BCUT2D eigenvalue weighted by atomic mass is 32.2. The fourth-order valence-electron chi connectivity index (χ4n) is 3.58. The Balaban J connectivity index is 1.68. The predicted molar refractivity (Wildman–Crippen MR) is 86.5 cm³/mol. The Labute approximate surface area is 137 Å². The van der Waals surface area contributed by atoms with E-state index in [4.69, 9.17) is 0 Å². The minimum absolute atomic E-state index is 0.0545. The van der Waals surface area contributed by atoms with Crippen molar-refractivity contribution in [3.63, 3.8) is 0 Å². The number of likely N-dealkylation sites (tertiary alicyclic amines) is 1. The molecule has 0 bridgehead atoms. The van der Waals surface area contributed by atoms with Crippen molar-refractivity contribution in [2.45, 2.75) is 45.6 Å². The Kier molecular flexibility index (Phi) is 4.46. The normalized spacial score (nSPS) is 25.0. The van der Waals surface area contributed by atoms with Crippen LogP contribution in [-0.2, 0) is 21.2 Å². The van der Waals surface area contributed by atoms with Gasteiger partial charge >= 0.3 is 0 Å². The molecule has 1 aromatic heterocycles.